The van der Waals surface area contributed by atoms with E-state index in [1.54, 1.807) is 0 Å². The third kappa shape index (κ3) is 2.48. The molecule has 2 unspecified atom stereocenters. The van der Waals surface area contributed by atoms with Crippen LogP contribution in [0.3, 0.4) is 0 Å². The Morgan fingerprint density at radius 3 is 3.00 bits per heavy atom. The number of fused-ring (bicyclic) bond motifs is 1. The van der Waals surface area contributed by atoms with Crippen LogP contribution >= 0.6 is 0 Å². The Labute approximate surface area is 125 Å². The molecule has 1 aromatic carbocycles. The van der Waals surface area contributed by atoms with Crippen LogP contribution < -0.4 is 10.2 Å². The number of aromatic nitrogens is 2. The van der Waals surface area contributed by atoms with Gasteiger partial charge < -0.3 is 10.2 Å². The molecule has 21 heavy (non-hydrogen) atoms. The van der Waals surface area contributed by atoms with Gasteiger partial charge in [0.1, 0.15) is 0 Å². The SMILES string of the molecule is c1ccc2c(N3CCCC(C4CCCN4)C3)cnnc2c1. The summed E-state index contributed by atoms with van der Waals surface area (Å²) in [6.07, 6.45) is 7.24. The van der Waals surface area contributed by atoms with Crippen molar-refractivity contribution in [2.75, 3.05) is 24.5 Å². The molecule has 2 atom stereocenters. The van der Waals surface area contributed by atoms with E-state index in [-0.39, 0.29) is 0 Å². The molecule has 0 spiro atoms. The van der Waals surface area contributed by atoms with E-state index in [0.29, 0.717) is 6.04 Å². The van der Waals surface area contributed by atoms with Crippen molar-refractivity contribution < 1.29 is 0 Å². The van der Waals surface area contributed by atoms with E-state index in [1.807, 2.05) is 18.3 Å². The van der Waals surface area contributed by atoms with Gasteiger partial charge in [-0.3, -0.25) is 0 Å². The zero-order valence-electron chi connectivity index (χ0n) is 12.3. The quantitative estimate of drug-likeness (QED) is 0.919. The van der Waals surface area contributed by atoms with Gasteiger partial charge in [0.2, 0.25) is 0 Å². The van der Waals surface area contributed by atoms with Gasteiger partial charge in [-0.1, -0.05) is 18.2 Å². The van der Waals surface area contributed by atoms with Gasteiger partial charge in [-0.2, -0.15) is 10.2 Å². The first-order valence-electron chi connectivity index (χ1n) is 8.10. The summed E-state index contributed by atoms with van der Waals surface area (Å²) in [5.74, 6) is 0.771. The average molecular weight is 282 g/mol. The highest BCUT2D eigenvalue weighted by atomic mass is 15.2. The van der Waals surface area contributed by atoms with Gasteiger partial charge >= 0.3 is 0 Å². The highest BCUT2D eigenvalue weighted by Gasteiger charge is 2.29. The number of nitrogens with one attached hydrogen (secondary N) is 1. The van der Waals surface area contributed by atoms with Crippen LogP contribution in [0.15, 0.2) is 30.5 Å². The lowest BCUT2D eigenvalue weighted by Gasteiger charge is -2.37. The highest BCUT2D eigenvalue weighted by Crippen LogP contribution is 2.31. The van der Waals surface area contributed by atoms with Crippen molar-refractivity contribution in [2.45, 2.75) is 31.7 Å². The third-order valence-electron chi connectivity index (χ3n) is 4.99. The average Bonchev–Trinajstić information content (AvgIpc) is 3.09. The van der Waals surface area contributed by atoms with Crippen molar-refractivity contribution in [3.63, 3.8) is 0 Å². The topological polar surface area (TPSA) is 41.0 Å². The molecule has 1 aromatic heterocycles. The molecular formula is C17H22N4. The maximum atomic E-state index is 4.24. The van der Waals surface area contributed by atoms with E-state index in [1.165, 1.54) is 43.3 Å². The number of hydrogen-bond acceptors (Lipinski definition) is 4. The van der Waals surface area contributed by atoms with Crippen molar-refractivity contribution in [3.8, 4) is 0 Å². The van der Waals surface area contributed by atoms with E-state index in [2.05, 4.69) is 32.5 Å². The minimum absolute atomic E-state index is 0.717. The molecule has 2 aliphatic rings. The second-order valence-corrected chi connectivity index (χ2v) is 6.30. The minimum atomic E-state index is 0.717. The smallest absolute Gasteiger partial charge is 0.0950 e. The van der Waals surface area contributed by atoms with E-state index in [9.17, 15) is 0 Å². The standard InChI is InChI=1S/C17H22N4/c1-2-7-16-14(6-1)17(11-19-20-16)21-10-4-5-13(12-21)15-8-3-9-18-15/h1-2,6-7,11,13,15,18H,3-5,8-10,12H2. The largest absolute Gasteiger partial charge is 0.369 e. The Bertz CT molecular complexity index is 616. The van der Waals surface area contributed by atoms with Gasteiger partial charge in [-0.05, 0) is 44.2 Å². The van der Waals surface area contributed by atoms with Crippen molar-refractivity contribution >= 4 is 16.6 Å². The molecule has 1 N–H and O–H groups in total. The number of benzene rings is 1. The van der Waals surface area contributed by atoms with E-state index >= 15 is 0 Å². The fraction of sp³-hybridized carbons (Fsp3) is 0.529. The summed E-state index contributed by atoms with van der Waals surface area (Å²) in [4.78, 5) is 2.52. The molecule has 0 saturated carbocycles. The van der Waals surface area contributed by atoms with Crippen LogP contribution in [0.2, 0.25) is 0 Å². The number of nitrogens with zero attached hydrogens (tertiary/aromatic N) is 3. The van der Waals surface area contributed by atoms with Gasteiger partial charge in [0.15, 0.2) is 0 Å². The number of anilines is 1. The van der Waals surface area contributed by atoms with Crippen LogP contribution in [-0.4, -0.2) is 35.9 Å². The molecule has 0 amide bonds. The monoisotopic (exact) mass is 282 g/mol. The molecule has 0 radical (unpaired) electrons. The van der Waals surface area contributed by atoms with Gasteiger partial charge in [0.25, 0.3) is 0 Å². The Hall–Kier alpha value is -1.68. The number of piperidine rings is 1. The normalized spacial score (nSPS) is 26.4. The van der Waals surface area contributed by atoms with Crippen LogP contribution in [0.5, 0.6) is 0 Å². The lowest BCUT2D eigenvalue weighted by atomic mass is 9.89. The maximum absolute atomic E-state index is 4.24. The van der Waals surface area contributed by atoms with Crippen LogP contribution in [-0.2, 0) is 0 Å². The van der Waals surface area contributed by atoms with Gasteiger partial charge in [-0.15, -0.1) is 0 Å². The first-order chi connectivity index (χ1) is 10.4. The van der Waals surface area contributed by atoms with Gasteiger partial charge in [-0.25, -0.2) is 0 Å². The summed E-state index contributed by atoms with van der Waals surface area (Å²) in [7, 11) is 0. The molecular weight excluding hydrogens is 260 g/mol. The number of hydrogen-bond donors (Lipinski definition) is 1. The summed E-state index contributed by atoms with van der Waals surface area (Å²) < 4.78 is 0. The van der Waals surface area contributed by atoms with Crippen LogP contribution in [0, 0.1) is 5.92 Å². The van der Waals surface area contributed by atoms with Gasteiger partial charge in [0, 0.05) is 24.5 Å². The van der Waals surface area contributed by atoms with E-state index < -0.39 is 0 Å². The summed E-state index contributed by atoms with van der Waals surface area (Å²) in [6, 6.07) is 9.05. The molecule has 4 rings (SSSR count). The second kappa shape index (κ2) is 5.60. The Morgan fingerprint density at radius 2 is 2.10 bits per heavy atom. The molecule has 4 heteroatoms. The summed E-state index contributed by atoms with van der Waals surface area (Å²) >= 11 is 0. The summed E-state index contributed by atoms with van der Waals surface area (Å²) in [5, 5.41) is 13.4. The van der Waals surface area contributed by atoms with Crippen LogP contribution in [0.4, 0.5) is 5.69 Å². The fourth-order valence-electron chi connectivity index (χ4n) is 3.92. The molecule has 0 aliphatic carbocycles. The van der Waals surface area contributed by atoms with E-state index in [0.717, 1.165) is 24.5 Å². The Kier molecular flexibility index (Phi) is 3.47. The first kappa shape index (κ1) is 13.0. The lowest BCUT2D eigenvalue weighted by Crippen LogP contribution is -2.43. The fourth-order valence-corrected chi connectivity index (χ4v) is 3.92. The van der Waals surface area contributed by atoms with Crippen molar-refractivity contribution in [1.29, 1.82) is 0 Å². The van der Waals surface area contributed by atoms with Gasteiger partial charge in [0.05, 0.1) is 17.4 Å². The van der Waals surface area contributed by atoms with Crippen molar-refractivity contribution in [3.05, 3.63) is 30.5 Å². The predicted molar refractivity (Wildman–Crippen MR) is 85.5 cm³/mol. The van der Waals surface area contributed by atoms with Crippen molar-refractivity contribution in [1.82, 2.24) is 15.5 Å². The zero-order valence-corrected chi connectivity index (χ0v) is 12.3. The molecule has 2 aliphatic heterocycles. The van der Waals surface area contributed by atoms with Crippen LogP contribution in [0.1, 0.15) is 25.7 Å². The summed E-state index contributed by atoms with van der Waals surface area (Å²) in [5.41, 5.74) is 2.25. The number of rotatable bonds is 2. The molecule has 2 saturated heterocycles. The molecule has 2 fully saturated rings. The minimum Gasteiger partial charge on any atom is -0.369 e. The molecule has 110 valence electrons. The Balaban J connectivity index is 1.62. The molecule has 2 aromatic rings. The predicted octanol–water partition coefficient (Wildman–Crippen LogP) is 2.60. The van der Waals surface area contributed by atoms with E-state index in [4.69, 9.17) is 0 Å². The van der Waals surface area contributed by atoms with Crippen LogP contribution in [0.25, 0.3) is 10.9 Å². The highest BCUT2D eigenvalue weighted by molar-refractivity contribution is 5.90. The first-order valence-corrected chi connectivity index (χ1v) is 8.10. The third-order valence-corrected chi connectivity index (χ3v) is 4.99. The maximum Gasteiger partial charge on any atom is 0.0950 e. The van der Waals surface area contributed by atoms with Crippen molar-refractivity contribution in [2.24, 2.45) is 5.92 Å². The molecule has 0 bridgehead atoms. The Morgan fingerprint density at radius 1 is 1.14 bits per heavy atom. The lowest BCUT2D eigenvalue weighted by molar-refractivity contribution is 0.329. The molecule has 4 nitrogen and oxygen atoms in total. The second-order valence-electron chi connectivity index (χ2n) is 6.30. The molecule has 3 heterocycles. The summed E-state index contributed by atoms with van der Waals surface area (Å²) in [6.45, 7) is 3.48. The zero-order chi connectivity index (χ0) is 14.1.